The third-order valence-electron chi connectivity index (χ3n) is 14.0. The molecule has 19 atom stereocenters. The van der Waals surface area contributed by atoms with Gasteiger partial charge in [0.1, 0.15) is 30.2 Å². The normalized spacial score (nSPS) is 52.4. The van der Waals surface area contributed by atoms with Gasteiger partial charge in [-0.3, -0.25) is 4.79 Å². The Morgan fingerprint density at radius 2 is 1.63 bits per heavy atom. The van der Waals surface area contributed by atoms with Crippen LogP contribution in [0.15, 0.2) is 24.3 Å². The highest BCUT2D eigenvalue weighted by Crippen LogP contribution is 2.53. The average molecular weight is 732 g/mol. The summed E-state index contributed by atoms with van der Waals surface area (Å²) in [4.78, 5) is 14.0. The number of rotatable bonds is 4. The summed E-state index contributed by atoms with van der Waals surface area (Å²) in [6.07, 6.45) is 4.63. The van der Waals surface area contributed by atoms with Crippen molar-refractivity contribution < 1.29 is 57.6 Å². The molecule has 0 aromatic carbocycles. The highest BCUT2D eigenvalue weighted by Gasteiger charge is 2.72. The van der Waals surface area contributed by atoms with E-state index < -0.39 is 24.1 Å². The lowest BCUT2D eigenvalue weighted by Gasteiger charge is -2.46. The van der Waals surface area contributed by atoms with Crippen LogP contribution in [0.3, 0.4) is 0 Å². The molecule has 13 unspecified atom stereocenters. The molecule has 10 aliphatic heterocycles. The fourth-order valence-corrected chi connectivity index (χ4v) is 11.3. The van der Waals surface area contributed by atoms with E-state index in [0.29, 0.717) is 12.8 Å². The number of methoxy groups -OCH3 is 1. The molecule has 1 spiro atoms. The van der Waals surface area contributed by atoms with Gasteiger partial charge in [-0.05, 0) is 62.0 Å². The molecule has 0 amide bonds. The van der Waals surface area contributed by atoms with E-state index in [2.05, 4.69) is 20.1 Å². The Morgan fingerprint density at radius 3 is 2.46 bits per heavy atom. The topological polar surface area (TPSA) is 144 Å². The van der Waals surface area contributed by atoms with Crippen molar-refractivity contribution in [3.05, 3.63) is 24.3 Å². The highest BCUT2D eigenvalue weighted by atomic mass is 16.8. The van der Waals surface area contributed by atoms with Crippen molar-refractivity contribution in [3.63, 3.8) is 0 Å². The van der Waals surface area contributed by atoms with Crippen LogP contribution >= 0.6 is 0 Å². The van der Waals surface area contributed by atoms with Gasteiger partial charge in [0.15, 0.2) is 6.10 Å². The molecule has 0 radical (unpaired) electrons. The van der Waals surface area contributed by atoms with E-state index in [1.807, 2.05) is 0 Å². The summed E-state index contributed by atoms with van der Waals surface area (Å²) >= 11 is 0. The van der Waals surface area contributed by atoms with E-state index in [1.54, 1.807) is 7.11 Å². The van der Waals surface area contributed by atoms with Crippen LogP contribution in [0.4, 0.5) is 0 Å². The minimum absolute atomic E-state index is 0.0158. The fraction of sp³-hybridized carbons (Fsp3) is 0.875. The number of carbonyl (C=O) groups excluding carboxylic acids is 1. The summed E-state index contributed by atoms with van der Waals surface area (Å²) in [6, 6.07) is 0. The van der Waals surface area contributed by atoms with Gasteiger partial charge in [-0.15, -0.1) is 0 Å². The smallest absolute Gasteiger partial charge is 0.278 e. The average Bonchev–Trinajstić information content (AvgIpc) is 3.79. The molecule has 52 heavy (non-hydrogen) atoms. The van der Waals surface area contributed by atoms with E-state index in [-0.39, 0.29) is 123 Å². The van der Waals surface area contributed by atoms with Crippen molar-refractivity contribution in [1.29, 1.82) is 0 Å². The van der Waals surface area contributed by atoms with Crippen LogP contribution in [-0.4, -0.2) is 138 Å². The zero-order valence-electron chi connectivity index (χ0n) is 30.7. The molecule has 10 aliphatic rings. The maximum atomic E-state index is 14.0. The first-order valence-electron chi connectivity index (χ1n) is 20.1. The number of fused-ring (bicyclic) bond motifs is 6. The quantitative estimate of drug-likeness (QED) is 0.326. The van der Waals surface area contributed by atoms with Crippen LogP contribution in [0.25, 0.3) is 0 Å². The number of hydrogen-bond acceptors (Lipinski definition) is 11. The van der Waals surface area contributed by atoms with Crippen molar-refractivity contribution in [1.82, 2.24) is 0 Å². The van der Waals surface area contributed by atoms with Gasteiger partial charge >= 0.3 is 0 Å². The van der Waals surface area contributed by atoms with Crippen molar-refractivity contribution in [2.24, 2.45) is 11.8 Å². The van der Waals surface area contributed by atoms with Crippen LogP contribution in [0.2, 0.25) is 0 Å². The number of carbonyl (C=O) groups is 1. The number of aliphatic hydroxyl groups excluding tert-OH is 2. The molecule has 0 aliphatic carbocycles. The zero-order valence-corrected chi connectivity index (χ0v) is 30.7. The van der Waals surface area contributed by atoms with E-state index in [9.17, 15) is 15.0 Å². The van der Waals surface area contributed by atoms with Crippen molar-refractivity contribution in [3.8, 4) is 0 Å². The lowest BCUT2D eigenvalue weighted by molar-refractivity contribution is -0.341. The van der Waals surface area contributed by atoms with E-state index >= 15 is 0 Å². The molecule has 10 rings (SSSR count). The van der Waals surface area contributed by atoms with Crippen LogP contribution in [0.5, 0.6) is 0 Å². The molecule has 290 valence electrons. The molecule has 0 aromatic rings. The highest BCUT2D eigenvalue weighted by molar-refractivity contribution is 5.79. The Morgan fingerprint density at radius 1 is 0.846 bits per heavy atom. The van der Waals surface area contributed by atoms with Crippen LogP contribution in [0, 0.1) is 11.8 Å². The number of aliphatic hydroxyl groups is 4. The van der Waals surface area contributed by atoms with Gasteiger partial charge in [0.05, 0.1) is 80.5 Å². The summed E-state index contributed by atoms with van der Waals surface area (Å²) in [5, 5.41) is 20.1. The van der Waals surface area contributed by atoms with Crippen molar-refractivity contribution >= 4 is 5.78 Å². The fourth-order valence-electron chi connectivity index (χ4n) is 11.3. The minimum Gasteiger partial charge on any atom is -0.401 e. The first-order valence-corrected chi connectivity index (χ1v) is 20.1. The predicted octanol–water partition coefficient (Wildman–Crippen LogP) is 2.98. The third kappa shape index (κ3) is 6.59. The van der Waals surface area contributed by atoms with Gasteiger partial charge in [-0.1, -0.05) is 20.1 Å². The Balaban J connectivity index is 0.994. The van der Waals surface area contributed by atoms with E-state index in [0.717, 1.165) is 62.5 Å². The monoisotopic (exact) mass is 731 g/mol. The van der Waals surface area contributed by atoms with E-state index in [4.69, 9.17) is 42.6 Å². The molecule has 0 aromatic heterocycles. The molecule has 10 fully saturated rings. The number of hydrogen-bond donors (Lipinski definition) is 2. The second-order valence-corrected chi connectivity index (χ2v) is 17.4. The Kier molecular flexibility index (Phi) is 10.0. The SMILES string of the molecule is C=C1CC2CC[C@@]34C[C@H]5OC6C(O3)C3OC(CC[C@@H]3OC6C5[OH+]4)CC(=O)CC3C(CC4O[C@@H](CCC1O2)C[C@@H](C)C4=C)OC(CC(O)CO)[C@@H]3OC. The largest absolute Gasteiger partial charge is 0.401 e. The first-order chi connectivity index (χ1) is 25.1. The van der Waals surface area contributed by atoms with Gasteiger partial charge in [0, 0.05) is 38.7 Å². The summed E-state index contributed by atoms with van der Waals surface area (Å²) in [7, 11) is 1.63. The van der Waals surface area contributed by atoms with Gasteiger partial charge in [0.2, 0.25) is 6.10 Å². The van der Waals surface area contributed by atoms with Gasteiger partial charge < -0.3 is 52.8 Å². The Labute approximate surface area is 306 Å². The number of ether oxygens (including phenoxy) is 9. The predicted molar refractivity (Wildman–Crippen MR) is 185 cm³/mol. The van der Waals surface area contributed by atoms with Crippen LogP contribution in [-0.2, 0) is 42.7 Å². The van der Waals surface area contributed by atoms with Crippen LogP contribution in [0.1, 0.15) is 90.4 Å². The Hall–Kier alpha value is -1.29. The third-order valence-corrected chi connectivity index (χ3v) is 14.0. The Bertz CT molecular complexity index is 1370. The molecule has 0 saturated carbocycles. The number of Topliss-reactive ketones (excluding diaryl/α,β-unsaturated/α-hetero) is 1. The second kappa shape index (κ2) is 14.3. The maximum absolute atomic E-state index is 14.0. The van der Waals surface area contributed by atoms with Crippen LogP contribution < -0.4 is 0 Å². The van der Waals surface area contributed by atoms with E-state index in [1.165, 1.54) is 0 Å². The lowest BCUT2D eigenvalue weighted by atomic mass is 9.81. The molecule has 12 heteroatoms. The lowest BCUT2D eigenvalue weighted by Crippen LogP contribution is -2.61. The molecule has 12 bridgehead atoms. The van der Waals surface area contributed by atoms with Crippen molar-refractivity contribution in [2.75, 3.05) is 13.7 Å². The summed E-state index contributed by atoms with van der Waals surface area (Å²) in [5.41, 5.74) is 2.18. The molecule has 12 nitrogen and oxygen atoms in total. The molecule has 10 saturated heterocycles. The summed E-state index contributed by atoms with van der Waals surface area (Å²) in [6.45, 7) is 10.7. The minimum atomic E-state index is -0.949. The zero-order chi connectivity index (χ0) is 35.9. The molecule has 10 heterocycles. The molecule has 3 N–H and O–H groups in total. The summed E-state index contributed by atoms with van der Waals surface area (Å²) in [5.74, 6) is -0.570. The first kappa shape index (κ1) is 36.4. The number of ketones is 1. The van der Waals surface area contributed by atoms with Gasteiger partial charge in [0.25, 0.3) is 5.79 Å². The molecular weight excluding hydrogens is 672 g/mol. The van der Waals surface area contributed by atoms with Crippen molar-refractivity contribution in [2.45, 2.75) is 194 Å². The standard InChI is InChI=1S/C40H58O12/c1-19-11-24-5-7-28-20(2)12-26(45-28)9-10-40-17-33-36(51-40)37-38(50-33)39(52-40)35-29(49-37)8-6-25(47-35)13-22(42)14-27-31(16-30(46-24)21(19)3)48-32(34(27)44-4)15-23(43)18-41/h19,23-39,41,43H,2-3,5-18H2,1,4H3/p+1/t19-,23?,24+,25?,26?,27?,28?,29+,30?,31?,32?,33-,34-,35?,36?,37?,38?,39?,40+/m1/s1. The second-order valence-electron chi connectivity index (χ2n) is 17.4. The van der Waals surface area contributed by atoms with Gasteiger partial charge in [-0.2, -0.15) is 0 Å². The molecular formula is C40H59O12+. The summed E-state index contributed by atoms with van der Waals surface area (Å²) < 4.78 is 58.5. The maximum Gasteiger partial charge on any atom is 0.278 e. The van der Waals surface area contributed by atoms with Gasteiger partial charge in [-0.25, -0.2) is 0 Å².